The van der Waals surface area contributed by atoms with E-state index in [-0.39, 0.29) is 17.7 Å². The number of halogens is 3. The van der Waals surface area contributed by atoms with Crippen molar-refractivity contribution >= 4 is 5.97 Å². The van der Waals surface area contributed by atoms with E-state index in [0.29, 0.717) is 0 Å². The van der Waals surface area contributed by atoms with Crippen molar-refractivity contribution in [3.05, 3.63) is 27.5 Å². The molecule has 0 fully saturated rings. The van der Waals surface area contributed by atoms with E-state index < -0.39 is 30.2 Å². The van der Waals surface area contributed by atoms with Crippen LogP contribution in [0.25, 0.3) is 0 Å². The minimum atomic E-state index is -4.98. The molecule has 3 N–H and O–H groups in total. The lowest BCUT2D eigenvalue weighted by atomic mass is 10.2. The smallest absolute Gasteiger partial charge is 0.469 e. The summed E-state index contributed by atoms with van der Waals surface area (Å²) in [6.45, 7) is -0.431. The second-order valence-corrected chi connectivity index (χ2v) is 3.47. The van der Waals surface area contributed by atoms with Gasteiger partial charge in [-0.2, -0.15) is 0 Å². The number of hydrogen-bond acceptors (Lipinski definition) is 5. The second-order valence-electron chi connectivity index (χ2n) is 3.47. The average Bonchev–Trinajstić information content (AvgIpc) is 2.26. The molecule has 0 bridgehead atoms. The van der Waals surface area contributed by atoms with Gasteiger partial charge in [0.2, 0.25) is 5.88 Å². The van der Waals surface area contributed by atoms with Crippen molar-refractivity contribution in [1.29, 1.82) is 0 Å². The lowest BCUT2D eigenvalue weighted by molar-refractivity contribution is -0.276. The molecule has 0 unspecified atom stereocenters. The molecular weight excluding hydrogens is 269 g/mol. The molecule has 19 heavy (non-hydrogen) atoms. The van der Waals surface area contributed by atoms with Gasteiger partial charge in [-0.25, -0.2) is 0 Å². The molecule has 6 nitrogen and oxygen atoms in total. The standard InChI is InChI=1S/C10H11F3N2O4/c1-18-8(17)3-5-2-7(16)6(4-14)9(15-5)19-10(11,12)13/h2H,3-4,14H2,1H3,(H,15,16). The first-order valence-corrected chi connectivity index (χ1v) is 5.04. The second kappa shape index (κ2) is 5.74. The summed E-state index contributed by atoms with van der Waals surface area (Å²) in [7, 11) is 1.11. The third kappa shape index (κ3) is 4.28. The fraction of sp³-hybridized carbons (Fsp3) is 0.400. The molecule has 0 saturated heterocycles. The Bertz CT molecular complexity index is 524. The average molecular weight is 280 g/mol. The lowest BCUT2D eigenvalue weighted by Gasteiger charge is -2.13. The summed E-state index contributed by atoms with van der Waals surface area (Å²) >= 11 is 0. The number of carbonyl (C=O) groups is 1. The van der Waals surface area contributed by atoms with Crippen LogP contribution in [0.4, 0.5) is 13.2 Å². The van der Waals surface area contributed by atoms with Gasteiger partial charge in [0.1, 0.15) is 0 Å². The number of carbonyl (C=O) groups excluding carboxylic acids is 1. The quantitative estimate of drug-likeness (QED) is 0.781. The van der Waals surface area contributed by atoms with Crippen LogP contribution in [0, 0.1) is 0 Å². The first-order chi connectivity index (χ1) is 8.76. The van der Waals surface area contributed by atoms with Crippen LogP contribution in [0.1, 0.15) is 11.3 Å². The molecule has 1 rings (SSSR count). The zero-order valence-electron chi connectivity index (χ0n) is 9.84. The van der Waals surface area contributed by atoms with Crippen LogP contribution in [0.5, 0.6) is 5.88 Å². The number of nitrogens with one attached hydrogen (secondary N) is 1. The Balaban J connectivity index is 3.18. The van der Waals surface area contributed by atoms with Crippen LogP contribution in [0.15, 0.2) is 10.9 Å². The minimum absolute atomic E-state index is 0.0618. The van der Waals surface area contributed by atoms with E-state index >= 15 is 0 Å². The molecule has 1 heterocycles. The maximum absolute atomic E-state index is 12.2. The Morgan fingerprint density at radius 3 is 2.58 bits per heavy atom. The van der Waals surface area contributed by atoms with Crippen molar-refractivity contribution in [3.8, 4) is 5.88 Å². The zero-order valence-corrected chi connectivity index (χ0v) is 9.84. The number of nitrogens with two attached hydrogens (primary N) is 1. The van der Waals surface area contributed by atoms with Crippen molar-refractivity contribution in [1.82, 2.24) is 4.98 Å². The molecule has 0 aliphatic heterocycles. The first-order valence-electron chi connectivity index (χ1n) is 5.04. The number of ether oxygens (including phenoxy) is 2. The summed E-state index contributed by atoms with van der Waals surface area (Å²) in [5.74, 6) is -1.53. The molecule has 0 aliphatic carbocycles. The molecule has 0 radical (unpaired) electrons. The number of pyridine rings is 1. The summed E-state index contributed by atoms with van der Waals surface area (Å²) in [5, 5.41) is 0. The van der Waals surface area contributed by atoms with Gasteiger partial charge in [-0.15, -0.1) is 13.2 Å². The van der Waals surface area contributed by atoms with Gasteiger partial charge in [-0.3, -0.25) is 9.59 Å². The number of rotatable bonds is 4. The molecule has 1 aromatic rings. The number of H-pyrrole nitrogens is 1. The van der Waals surface area contributed by atoms with Gasteiger partial charge in [-0.1, -0.05) is 0 Å². The van der Waals surface area contributed by atoms with Gasteiger partial charge in [-0.05, 0) is 0 Å². The molecule has 0 amide bonds. The Hall–Kier alpha value is -2.03. The number of alkyl halides is 3. The molecule has 0 saturated carbocycles. The summed E-state index contributed by atoms with van der Waals surface area (Å²) < 4.78 is 44.5. The number of esters is 1. The molecule has 106 valence electrons. The molecule has 0 spiro atoms. The van der Waals surface area contributed by atoms with Crippen molar-refractivity contribution < 1.29 is 27.4 Å². The highest BCUT2D eigenvalue weighted by molar-refractivity contribution is 5.71. The summed E-state index contributed by atoms with van der Waals surface area (Å²) in [5.41, 5.74) is 4.02. The molecule has 0 aromatic carbocycles. The Morgan fingerprint density at radius 1 is 1.47 bits per heavy atom. The number of aromatic amines is 1. The largest absolute Gasteiger partial charge is 0.574 e. The molecule has 0 atom stereocenters. The number of hydrogen-bond donors (Lipinski definition) is 2. The summed E-state index contributed by atoms with van der Waals surface area (Å²) in [6.07, 6.45) is -5.36. The van der Waals surface area contributed by atoms with E-state index in [1.807, 2.05) is 0 Å². The first kappa shape index (κ1) is 15.0. The lowest BCUT2D eigenvalue weighted by Crippen LogP contribution is -2.24. The maximum Gasteiger partial charge on any atom is 0.574 e. The van der Waals surface area contributed by atoms with Crippen molar-refractivity contribution in [2.75, 3.05) is 7.11 Å². The third-order valence-electron chi connectivity index (χ3n) is 2.14. The van der Waals surface area contributed by atoms with E-state index in [2.05, 4.69) is 14.5 Å². The topological polar surface area (TPSA) is 94.4 Å². The van der Waals surface area contributed by atoms with E-state index in [4.69, 9.17) is 5.73 Å². The van der Waals surface area contributed by atoms with Gasteiger partial charge in [0.05, 0.1) is 19.1 Å². The highest BCUT2D eigenvalue weighted by Crippen LogP contribution is 2.22. The third-order valence-corrected chi connectivity index (χ3v) is 2.14. The van der Waals surface area contributed by atoms with Crippen molar-refractivity contribution in [2.24, 2.45) is 5.73 Å². The monoisotopic (exact) mass is 280 g/mol. The van der Waals surface area contributed by atoms with Crippen LogP contribution in [-0.4, -0.2) is 24.4 Å². The van der Waals surface area contributed by atoms with Crippen LogP contribution in [0.3, 0.4) is 0 Å². The maximum atomic E-state index is 12.2. The van der Waals surface area contributed by atoms with Gasteiger partial charge in [0, 0.05) is 18.3 Å². The van der Waals surface area contributed by atoms with Gasteiger partial charge >= 0.3 is 12.3 Å². The van der Waals surface area contributed by atoms with Crippen molar-refractivity contribution in [2.45, 2.75) is 19.3 Å². The van der Waals surface area contributed by atoms with E-state index in [1.54, 1.807) is 0 Å². The van der Waals surface area contributed by atoms with Crippen LogP contribution >= 0.6 is 0 Å². The highest BCUT2D eigenvalue weighted by atomic mass is 19.4. The fourth-order valence-electron chi connectivity index (χ4n) is 1.33. The van der Waals surface area contributed by atoms with Gasteiger partial charge in [0.25, 0.3) is 0 Å². The Morgan fingerprint density at radius 2 is 2.11 bits per heavy atom. The SMILES string of the molecule is COC(=O)Cc1cc(=O)c(CN)c(OC(F)(F)F)[nH]1. The normalized spacial score (nSPS) is 11.2. The predicted octanol–water partition coefficient (Wildman–Crippen LogP) is 0.448. The number of methoxy groups -OCH3 is 1. The van der Waals surface area contributed by atoms with E-state index in [1.165, 1.54) is 0 Å². The molecule has 0 aliphatic rings. The highest BCUT2D eigenvalue weighted by Gasteiger charge is 2.33. The van der Waals surface area contributed by atoms with Crippen LogP contribution < -0.4 is 15.9 Å². The minimum Gasteiger partial charge on any atom is -0.469 e. The van der Waals surface area contributed by atoms with E-state index in [9.17, 15) is 22.8 Å². The number of aromatic nitrogens is 1. The van der Waals surface area contributed by atoms with Gasteiger partial charge < -0.3 is 20.2 Å². The van der Waals surface area contributed by atoms with Crippen LogP contribution in [-0.2, 0) is 22.5 Å². The van der Waals surface area contributed by atoms with Crippen LogP contribution in [0.2, 0.25) is 0 Å². The van der Waals surface area contributed by atoms with Gasteiger partial charge in [0.15, 0.2) is 5.43 Å². The van der Waals surface area contributed by atoms with Crippen molar-refractivity contribution in [3.63, 3.8) is 0 Å². The Kier molecular flexibility index (Phi) is 4.54. The fourth-order valence-corrected chi connectivity index (χ4v) is 1.33. The summed E-state index contributed by atoms with van der Waals surface area (Å²) in [6, 6.07) is 0.975. The van der Waals surface area contributed by atoms with E-state index in [0.717, 1.165) is 13.2 Å². The molecule has 9 heteroatoms. The zero-order chi connectivity index (χ0) is 14.6. The molecule has 1 aromatic heterocycles. The summed E-state index contributed by atoms with van der Waals surface area (Å²) in [4.78, 5) is 24.8. The molecular formula is C10H11F3N2O4. The predicted molar refractivity (Wildman–Crippen MR) is 57.4 cm³/mol. The Labute approximate surface area is 105 Å².